The number of aryl methyl sites for hydroxylation is 2. The van der Waals surface area contributed by atoms with Gasteiger partial charge in [0.05, 0.1) is 11.9 Å². The summed E-state index contributed by atoms with van der Waals surface area (Å²) < 4.78 is 27.1. The van der Waals surface area contributed by atoms with Gasteiger partial charge in [0.25, 0.3) is 0 Å². The lowest BCUT2D eigenvalue weighted by Gasteiger charge is -2.32. The number of nitrogens with one attached hydrogen (secondary N) is 1. The van der Waals surface area contributed by atoms with Crippen LogP contribution in [0.5, 0.6) is 0 Å². The predicted molar refractivity (Wildman–Crippen MR) is 131 cm³/mol. The Balaban J connectivity index is 2.43. The van der Waals surface area contributed by atoms with Crippen molar-refractivity contribution >= 4 is 43.5 Å². The highest BCUT2D eigenvalue weighted by molar-refractivity contribution is 9.10. The number of carbonyl (C=O) groups is 2. The molecule has 0 aliphatic heterocycles. The molecule has 2 amide bonds. The van der Waals surface area contributed by atoms with Crippen molar-refractivity contribution in [1.82, 2.24) is 10.2 Å². The van der Waals surface area contributed by atoms with Crippen LogP contribution in [0.25, 0.3) is 0 Å². The van der Waals surface area contributed by atoms with E-state index in [9.17, 15) is 18.0 Å². The molecule has 32 heavy (non-hydrogen) atoms. The second-order valence-electron chi connectivity index (χ2n) is 7.75. The highest BCUT2D eigenvalue weighted by Gasteiger charge is 2.31. The molecule has 0 radical (unpaired) electrons. The molecule has 0 fully saturated rings. The van der Waals surface area contributed by atoms with E-state index in [1.807, 2.05) is 45.0 Å². The van der Waals surface area contributed by atoms with Crippen molar-refractivity contribution in [2.24, 2.45) is 0 Å². The molecule has 1 atom stereocenters. The molecular weight excluding hydrogens is 494 g/mol. The van der Waals surface area contributed by atoms with Gasteiger partial charge in [-0.25, -0.2) is 8.42 Å². The number of sulfonamides is 1. The zero-order chi connectivity index (χ0) is 24.1. The van der Waals surface area contributed by atoms with Gasteiger partial charge in [0, 0.05) is 18.1 Å². The molecule has 0 aliphatic rings. The van der Waals surface area contributed by atoms with Crippen molar-refractivity contribution in [1.29, 1.82) is 0 Å². The molecule has 0 saturated carbocycles. The summed E-state index contributed by atoms with van der Waals surface area (Å²) in [6.07, 6.45) is 1.46. The fourth-order valence-corrected chi connectivity index (χ4v) is 4.46. The van der Waals surface area contributed by atoms with E-state index in [-0.39, 0.29) is 12.5 Å². The molecule has 0 aliphatic carbocycles. The quantitative estimate of drug-likeness (QED) is 0.545. The summed E-state index contributed by atoms with van der Waals surface area (Å²) in [5.41, 5.74) is 3.18. The van der Waals surface area contributed by atoms with Gasteiger partial charge in [-0.3, -0.25) is 13.9 Å². The molecule has 0 spiro atoms. The molecule has 9 heteroatoms. The van der Waals surface area contributed by atoms with Gasteiger partial charge in [0.2, 0.25) is 21.8 Å². The maximum Gasteiger partial charge on any atom is 0.244 e. The number of anilines is 1. The number of likely N-dealkylation sites (N-methyl/N-ethyl adjacent to an activating group) is 1. The van der Waals surface area contributed by atoms with Crippen molar-refractivity contribution in [2.45, 2.75) is 39.8 Å². The van der Waals surface area contributed by atoms with Crippen LogP contribution in [0, 0.1) is 13.8 Å². The maximum atomic E-state index is 13.4. The summed E-state index contributed by atoms with van der Waals surface area (Å²) in [6.45, 7) is 5.43. The van der Waals surface area contributed by atoms with Crippen LogP contribution in [0.1, 0.15) is 30.0 Å². The number of halogens is 1. The summed E-state index contributed by atoms with van der Waals surface area (Å²) >= 11 is 3.41. The number of hydrogen-bond donors (Lipinski definition) is 1. The lowest BCUT2D eigenvalue weighted by Crippen LogP contribution is -2.51. The minimum atomic E-state index is -3.74. The van der Waals surface area contributed by atoms with Gasteiger partial charge >= 0.3 is 0 Å². The fraction of sp³-hybridized carbons (Fsp3) is 0.391. The average Bonchev–Trinajstić information content (AvgIpc) is 2.74. The van der Waals surface area contributed by atoms with Crippen LogP contribution in [0.2, 0.25) is 0 Å². The minimum Gasteiger partial charge on any atom is -0.357 e. The molecule has 174 valence electrons. The SMILES string of the molecule is CCC(C(=O)NC)N(Cc1ccc(C)cc1)C(=O)CN(c1ccc(Br)c(C)c1)S(C)(=O)=O. The number of hydrogen-bond acceptors (Lipinski definition) is 4. The first kappa shape index (κ1) is 25.9. The van der Waals surface area contributed by atoms with Crippen molar-refractivity contribution in [2.75, 3.05) is 24.2 Å². The third-order valence-electron chi connectivity index (χ3n) is 5.21. The Labute approximate surface area is 199 Å². The van der Waals surface area contributed by atoms with E-state index < -0.39 is 28.5 Å². The molecule has 2 rings (SSSR count). The first-order valence-corrected chi connectivity index (χ1v) is 12.9. The Morgan fingerprint density at radius 2 is 1.72 bits per heavy atom. The average molecular weight is 524 g/mol. The van der Waals surface area contributed by atoms with Crippen LogP contribution < -0.4 is 9.62 Å². The van der Waals surface area contributed by atoms with Crippen LogP contribution in [-0.4, -0.2) is 51.0 Å². The smallest absolute Gasteiger partial charge is 0.244 e. The number of amides is 2. The molecule has 7 nitrogen and oxygen atoms in total. The summed E-state index contributed by atoms with van der Waals surface area (Å²) in [6, 6.07) is 12.1. The van der Waals surface area contributed by atoms with Gasteiger partial charge in [0.15, 0.2) is 0 Å². The van der Waals surface area contributed by atoms with Crippen molar-refractivity contribution in [3.63, 3.8) is 0 Å². The number of nitrogens with zero attached hydrogens (tertiary/aromatic N) is 2. The van der Waals surface area contributed by atoms with Gasteiger partial charge in [-0.05, 0) is 49.6 Å². The van der Waals surface area contributed by atoms with Crippen LogP contribution in [0.15, 0.2) is 46.9 Å². The standard InChI is InChI=1S/C23H30BrN3O4S/c1-6-21(23(29)25-4)26(14-18-9-7-16(2)8-10-18)22(28)15-27(32(5,30)31)19-11-12-20(24)17(3)13-19/h7-13,21H,6,14-15H2,1-5H3,(H,25,29). The van der Waals surface area contributed by atoms with Crippen molar-refractivity contribution < 1.29 is 18.0 Å². The molecule has 0 aromatic heterocycles. The number of rotatable bonds is 9. The van der Waals surface area contributed by atoms with Gasteiger partial charge in [-0.2, -0.15) is 0 Å². The van der Waals surface area contributed by atoms with Crippen LogP contribution >= 0.6 is 15.9 Å². The highest BCUT2D eigenvalue weighted by atomic mass is 79.9. The molecule has 1 unspecified atom stereocenters. The Morgan fingerprint density at radius 1 is 1.09 bits per heavy atom. The lowest BCUT2D eigenvalue weighted by atomic mass is 10.1. The van der Waals surface area contributed by atoms with E-state index in [0.29, 0.717) is 12.1 Å². The van der Waals surface area contributed by atoms with Gasteiger partial charge in [-0.1, -0.05) is 52.7 Å². The Bertz CT molecular complexity index is 1070. The van der Waals surface area contributed by atoms with E-state index in [1.54, 1.807) is 18.2 Å². The first-order chi connectivity index (χ1) is 15.0. The van der Waals surface area contributed by atoms with Gasteiger partial charge < -0.3 is 10.2 Å². The van der Waals surface area contributed by atoms with Crippen molar-refractivity contribution in [3.8, 4) is 0 Å². The first-order valence-electron chi connectivity index (χ1n) is 10.3. The Morgan fingerprint density at radius 3 is 2.22 bits per heavy atom. The Hall–Kier alpha value is -2.39. The van der Waals surface area contributed by atoms with Crippen LogP contribution in [-0.2, 0) is 26.2 Å². The Kier molecular flexibility index (Phi) is 8.86. The minimum absolute atomic E-state index is 0.196. The third kappa shape index (κ3) is 6.56. The zero-order valence-electron chi connectivity index (χ0n) is 19.1. The number of benzene rings is 2. The lowest BCUT2D eigenvalue weighted by molar-refractivity contribution is -0.140. The molecule has 1 N–H and O–H groups in total. The number of carbonyl (C=O) groups excluding carboxylic acids is 2. The zero-order valence-corrected chi connectivity index (χ0v) is 21.5. The largest absolute Gasteiger partial charge is 0.357 e. The monoisotopic (exact) mass is 523 g/mol. The van der Waals surface area contributed by atoms with E-state index in [2.05, 4.69) is 21.2 Å². The van der Waals surface area contributed by atoms with E-state index >= 15 is 0 Å². The van der Waals surface area contributed by atoms with E-state index in [1.165, 1.54) is 11.9 Å². The highest BCUT2D eigenvalue weighted by Crippen LogP contribution is 2.25. The van der Waals surface area contributed by atoms with Crippen molar-refractivity contribution in [3.05, 3.63) is 63.6 Å². The maximum absolute atomic E-state index is 13.4. The van der Waals surface area contributed by atoms with E-state index in [0.717, 1.165) is 31.7 Å². The summed E-state index contributed by atoms with van der Waals surface area (Å²) in [5, 5.41) is 2.61. The van der Waals surface area contributed by atoms with Crippen LogP contribution in [0.4, 0.5) is 5.69 Å². The molecular formula is C23H30BrN3O4S. The molecule has 0 saturated heterocycles. The normalized spacial score (nSPS) is 12.2. The molecule has 2 aromatic carbocycles. The predicted octanol–water partition coefficient (Wildman–Crippen LogP) is 3.39. The molecule has 0 heterocycles. The third-order valence-corrected chi connectivity index (χ3v) is 7.24. The molecule has 2 aromatic rings. The van der Waals surface area contributed by atoms with E-state index in [4.69, 9.17) is 0 Å². The summed E-state index contributed by atoms with van der Waals surface area (Å²) in [7, 11) is -2.22. The molecule has 0 bridgehead atoms. The fourth-order valence-electron chi connectivity index (χ4n) is 3.37. The second-order valence-corrected chi connectivity index (χ2v) is 10.5. The summed E-state index contributed by atoms with van der Waals surface area (Å²) in [5.74, 6) is -0.745. The van der Waals surface area contributed by atoms with Gasteiger partial charge in [-0.15, -0.1) is 0 Å². The summed E-state index contributed by atoms with van der Waals surface area (Å²) in [4.78, 5) is 27.4. The topological polar surface area (TPSA) is 86.8 Å². The van der Waals surface area contributed by atoms with Gasteiger partial charge in [0.1, 0.15) is 12.6 Å². The van der Waals surface area contributed by atoms with Crippen LogP contribution in [0.3, 0.4) is 0 Å². The second kappa shape index (κ2) is 11.0.